The highest BCUT2D eigenvalue weighted by Gasteiger charge is 2.19. The van der Waals surface area contributed by atoms with Crippen molar-refractivity contribution in [3.05, 3.63) is 30.3 Å². The minimum absolute atomic E-state index is 0.0282. The monoisotopic (exact) mass is 298 g/mol. The van der Waals surface area contributed by atoms with E-state index >= 15 is 0 Å². The van der Waals surface area contributed by atoms with E-state index in [0.717, 1.165) is 6.26 Å². The Labute approximate surface area is 121 Å². The molecule has 0 aromatic heterocycles. The Kier molecular flexibility index (Phi) is 6.01. The minimum atomic E-state index is -3.39. The number of sulfonamides is 1. The van der Waals surface area contributed by atoms with E-state index in [1.165, 1.54) is 4.31 Å². The molecule has 0 fully saturated rings. The van der Waals surface area contributed by atoms with Crippen molar-refractivity contribution in [1.82, 2.24) is 4.90 Å². The first-order valence-electron chi connectivity index (χ1n) is 6.70. The fourth-order valence-corrected chi connectivity index (χ4v) is 2.94. The summed E-state index contributed by atoms with van der Waals surface area (Å²) in [5, 5.41) is 0. The fourth-order valence-electron chi connectivity index (χ4n) is 2.01. The molecule has 0 radical (unpaired) electrons. The molecule has 5 nitrogen and oxygen atoms in total. The van der Waals surface area contributed by atoms with Crippen LogP contribution in [0.3, 0.4) is 0 Å². The van der Waals surface area contributed by atoms with Crippen LogP contribution in [0.25, 0.3) is 0 Å². The normalized spacial score (nSPS) is 11.2. The van der Waals surface area contributed by atoms with E-state index in [1.54, 1.807) is 29.2 Å². The minimum Gasteiger partial charge on any atom is -0.343 e. The molecule has 0 heterocycles. The summed E-state index contributed by atoms with van der Waals surface area (Å²) in [6.07, 6.45) is 1.34. The van der Waals surface area contributed by atoms with E-state index in [4.69, 9.17) is 0 Å². The highest BCUT2D eigenvalue weighted by Crippen LogP contribution is 2.17. The maximum atomic E-state index is 12.0. The highest BCUT2D eigenvalue weighted by molar-refractivity contribution is 7.92. The first kappa shape index (κ1) is 16.5. The third-order valence-corrected chi connectivity index (χ3v) is 4.28. The quantitative estimate of drug-likeness (QED) is 0.770. The zero-order valence-corrected chi connectivity index (χ0v) is 13.1. The Morgan fingerprint density at radius 2 is 1.65 bits per heavy atom. The number of para-hydroxylation sites is 1. The summed E-state index contributed by atoms with van der Waals surface area (Å²) in [6, 6.07) is 8.83. The number of amides is 1. The largest absolute Gasteiger partial charge is 0.343 e. The van der Waals surface area contributed by atoms with Gasteiger partial charge in [-0.25, -0.2) is 8.42 Å². The number of rotatable bonds is 7. The molecule has 0 saturated heterocycles. The zero-order chi connectivity index (χ0) is 15.2. The average Bonchev–Trinajstić information content (AvgIpc) is 2.40. The molecular formula is C14H22N2O3S. The third kappa shape index (κ3) is 4.52. The van der Waals surface area contributed by atoms with Crippen LogP contribution < -0.4 is 4.31 Å². The first-order valence-corrected chi connectivity index (χ1v) is 8.55. The molecule has 20 heavy (non-hydrogen) atoms. The van der Waals surface area contributed by atoms with E-state index < -0.39 is 10.0 Å². The number of anilines is 1. The molecule has 1 rings (SSSR count). The maximum absolute atomic E-state index is 12.0. The van der Waals surface area contributed by atoms with Crippen LogP contribution in [0.1, 0.15) is 20.3 Å². The van der Waals surface area contributed by atoms with Crippen molar-refractivity contribution in [3.8, 4) is 0 Å². The van der Waals surface area contributed by atoms with Gasteiger partial charge in [0, 0.05) is 26.1 Å². The third-order valence-electron chi connectivity index (χ3n) is 3.09. The SMILES string of the molecule is CCN(CC)C(=O)CCN(c1ccccc1)S(C)(=O)=O. The van der Waals surface area contributed by atoms with Gasteiger partial charge in [-0.2, -0.15) is 0 Å². The van der Waals surface area contributed by atoms with Crippen molar-refractivity contribution in [2.24, 2.45) is 0 Å². The molecule has 0 N–H and O–H groups in total. The highest BCUT2D eigenvalue weighted by atomic mass is 32.2. The topological polar surface area (TPSA) is 57.7 Å². The van der Waals surface area contributed by atoms with Gasteiger partial charge in [-0.05, 0) is 26.0 Å². The van der Waals surface area contributed by atoms with E-state index in [0.29, 0.717) is 18.8 Å². The average molecular weight is 298 g/mol. The maximum Gasteiger partial charge on any atom is 0.232 e. The van der Waals surface area contributed by atoms with Gasteiger partial charge in [0.15, 0.2) is 0 Å². The summed E-state index contributed by atoms with van der Waals surface area (Å²) in [5.74, 6) is -0.0282. The van der Waals surface area contributed by atoms with Crippen molar-refractivity contribution in [3.63, 3.8) is 0 Å². The molecule has 0 aliphatic carbocycles. The smallest absolute Gasteiger partial charge is 0.232 e. The second kappa shape index (κ2) is 7.28. The number of hydrogen-bond donors (Lipinski definition) is 0. The van der Waals surface area contributed by atoms with Crippen molar-refractivity contribution in [1.29, 1.82) is 0 Å². The van der Waals surface area contributed by atoms with Gasteiger partial charge in [-0.15, -0.1) is 0 Å². The van der Waals surface area contributed by atoms with Gasteiger partial charge >= 0.3 is 0 Å². The van der Waals surface area contributed by atoms with E-state index in [9.17, 15) is 13.2 Å². The van der Waals surface area contributed by atoms with Gasteiger partial charge in [0.05, 0.1) is 11.9 Å². The standard InChI is InChI=1S/C14H22N2O3S/c1-4-15(5-2)14(17)11-12-16(20(3,18)19)13-9-7-6-8-10-13/h6-10H,4-5,11-12H2,1-3H3. The summed E-state index contributed by atoms with van der Waals surface area (Å²) in [5.41, 5.74) is 0.586. The number of carbonyl (C=O) groups excluding carboxylic acids is 1. The van der Waals surface area contributed by atoms with E-state index in [2.05, 4.69) is 0 Å². The van der Waals surface area contributed by atoms with Gasteiger partial charge in [0.25, 0.3) is 0 Å². The van der Waals surface area contributed by atoms with Crippen LogP contribution in [0, 0.1) is 0 Å². The van der Waals surface area contributed by atoms with Crippen molar-refractivity contribution < 1.29 is 13.2 Å². The molecule has 6 heteroatoms. The van der Waals surface area contributed by atoms with Crippen molar-refractivity contribution >= 4 is 21.6 Å². The Hall–Kier alpha value is -1.56. The molecule has 0 saturated carbocycles. The van der Waals surface area contributed by atoms with Crippen LogP contribution in [-0.4, -0.2) is 45.1 Å². The van der Waals surface area contributed by atoms with Crippen molar-refractivity contribution in [2.75, 3.05) is 30.2 Å². The van der Waals surface area contributed by atoms with Crippen LogP contribution >= 0.6 is 0 Å². The molecule has 1 aromatic rings. The molecule has 0 bridgehead atoms. The number of benzene rings is 1. The number of carbonyl (C=O) groups is 1. The fraction of sp³-hybridized carbons (Fsp3) is 0.500. The summed E-state index contributed by atoms with van der Waals surface area (Å²) in [6.45, 7) is 5.26. The molecule has 0 aliphatic heterocycles. The number of hydrogen-bond acceptors (Lipinski definition) is 3. The van der Waals surface area contributed by atoms with Gasteiger partial charge < -0.3 is 4.90 Å². The Morgan fingerprint density at radius 3 is 2.10 bits per heavy atom. The lowest BCUT2D eigenvalue weighted by atomic mass is 10.3. The van der Waals surface area contributed by atoms with Gasteiger partial charge in [0.2, 0.25) is 15.9 Å². The predicted octanol–water partition coefficient (Wildman–Crippen LogP) is 1.71. The van der Waals surface area contributed by atoms with Crippen LogP contribution in [-0.2, 0) is 14.8 Å². The molecule has 1 amide bonds. The molecular weight excluding hydrogens is 276 g/mol. The van der Waals surface area contributed by atoms with E-state index in [-0.39, 0.29) is 18.9 Å². The summed E-state index contributed by atoms with van der Waals surface area (Å²) < 4.78 is 25.0. The lowest BCUT2D eigenvalue weighted by Gasteiger charge is -2.24. The molecule has 1 aromatic carbocycles. The molecule has 0 atom stereocenters. The second-order valence-electron chi connectivity index (χ2n) is 4.49. The summed E-state index contributed by atoms with van der Waals surface area (Å²) in [7, 11) is -3.39. The molecule has 0 spiro atoms. The molecule has 112 valence electrons. The van der Waals surface area contributed by atoms with E-state index in [1.807, 2.05) is 19.9 Å². The van der Waals surface area contributed by atoms with Crippen LogP contribution in [0.15, 0.2) is 30.3 Å². The Morgan fingerprint density at radius 1 is 1.10 bits per heavy atom. The predicted molar refractivity (Wildman–Crippen MR) is 81.2 cm³/mol. The van der Waals surface area contributed by atoms with Gasteiger partial charge in [0.1, 0.15) is 0 Å². The first-order chi connectivity index (χ1) is 9.40. The Bertz CT molecular complexity index is 525. The van der Waals surface area contributed by atoms with Gasteiger partial charge in [-0.3, -0.25) is 9.10 Å². The summed E-state index contributed by atoms with van der Waals surface area (Å²) >= 11 is 0. The lowest BCUT2D eigenvalue weighted by Crippen LogP contribution is -2.36. The van der Waals surface area contributed by atoms with Crippen LogP contribution in [0.4, 0.5) is 5.69 Å². The summed E-state index contributed by atoms with van der Waals surface area (Å²) in [4.78, 5) is 13.7. The zero-order valence-electron chi connectivity index (χ0n) is 12.2. The van der Waals surface area contributed by atoms with Crippen LogP contribution in [0.5, 0.6) is 0 Å². The molecule has 0 aliphatic rings. The van der Waals surface area contributed by atoms with Crippen molar-refractivity contribution in [2.45, 2.75) is 20.3 Å². The molecule has 0 unspecified atom stereocenters. The van der Waals surface area contributed by atoms with Crippen LogP contribution in [0.2, 0.25) is 0 Å². The van der Waals surface area contributed by atoms with Gasteiger partial charge in [-0.1, -0.05) is 18.2 Å². The lowest BCUT2D eigenvalue weighted by molar-refractivity contribution is -0.130. The Balaban J connectivity index is 2.81. The number of nitrogens with zero attached hydrogens (tertiary/aromatic N) is 2. The second-order valence-corrected chi connectivity index (χ2v) is 6.39.